The van der Waals surface area contributed by atoms with Crippen molar-refractivity contribution >= 4 is 5.65 Å². The third-order valence-corrected chi connectivity index (χ3v) is 4.90. The van der Waals surface area contributed by atoms with Crippen LogP contribution in [0, 0.1) is 6.92 Å². The summed E-state index contributed by atoms with van der Waals surface area (Å²) in [5, 5.41) is 3.95. The second-order valence-corrected chi connectivity index (χ2v) is 7.02. The van der Waals surface area contributed by atoms with E-state index in [-0.39, 0.29) is 11.6 Å². The van der Waals surface area contributed by atoms with Crippen LogP contribution in [0.25, 0.3) is 5.65 Å². The van der Waals surface area contributed by atoms with E-state index in [0.29, 0.717) is 24.5 Å². The number of nitrogens with zero attached hydrogens (tertiary/aromatic N) is 5. The minimum absolute atomic E-state index is 0.0382. The molecular formula is C19H20F3N5. The standard InChI is InChI=1S/C19H20F3N5/c1-13-9-18-24-16(10-17(19(20,21)22)27(18)25-13)14-5-4-8-26(11-14)12-15-6-2-3-7-23-15/h2-3,6-7,9-10,14H,4-5,8,11-12H2,1H3/t14-/m0/s1. The molecule has 0 bridgehead atoms. The fraction of sp³-hybridized carbons (Fsp3) is 0.421. The Bertz CT molecular complexity index is 936. The maximum Gasteiger partial charge on any atom is 0.433 e. The van der Waals surface area contributed by atoms with Crippen LogP contribution in [0.2, 0.25) is 0 Å². The van der Waals surface area contributed by atoms with E-state index in [4.69, 9.17) is 0 Å². The summed E-state index contributed by atoms with van der Waals surface area (Å²) in [6, 6.07) is 8.52. The summed E-state index contributed by atoms with van der Waals surface area (Å²) in [6.45, 7) is 3.94. The van der Waals surface area contributed by atoms with E-state index in [1.165, 1.54) is 0 Å². The van der Waals surface area contributed by atoms with Gasteiger partial charge in [-0.2, -0.15) is 18.3 Å². The molecule has 0 N–H and O–H groups in total. The zero-order chi connectivity index (χ0) is 19.0. The summed E-state index contributed by atoms with van der Waals surface area (Å²) < 4.78 is 41.5. The predicted molar refractivity (Wildman–Crippen MR) is 94.2 cm³/mol. The van der Waals surface area contributed by atoms with Crippen molar-refractivity contribution in [3.8, 4) is 0 Å². The van der Waals surface area contributed by atoms with Crippen LogP contribution < -0.4 is 0 Å². The van der Waals surface area contributed by atoms with Crippen LogP contribution >= 0.6 is 0 Å². The summed E-state index contributed by atoms with van der Waals surface area (Å²) in [5.74, 6) is -0.0382. The molecule has 3 aromatic rings. The van der Waals surface area contributed by atoms with Crippen LogP contribution in [0.1, 0.15) is 41.5 Å². The third-order valence-electron chi connectivity index (χ3n) is 4.90. The van der Waals surface area contributed by atoms with Crippen LogP contribution in [0.3, 0.4) is 0 Å². The lowest BCUT2D eigenvalue weighted by Crippen LogP contribution is -2.34. The Morgan fingerprint density at radius 1 is 1.22 bits per heavy atom. The number of likely N-dealkylation sites (tertiary alicyclic amines) is 1. The van der Waals surface area contributed by atoms with Crippen molar-refractivity contribution < 1.29 is 13.2 Å². The molecule has 0 saturated carbocycles. The number of piperidine rings is 1. The fourth-order valence-electron chi connectivity index (χ4n) is 3.68. The molecule has 3 aromatic heterocycles. The van der Waals surface area contributed by atoms with Gasteiger partial charge in [0, 0.05) is 37.0 Å². The Labute approximate surface area is 154 Å². The number of aryl methyl sites for hydroxylation is 1. The zero-order valence-corrected chi connectivity index (χ0v) is 14.9. The number of halogens is 3. The first-order valence-electron chi connectivity index (χ1n) is 8.97. The summed E-state index contributed by atoms with van der Waals surface area (Å²) in [6.07, 6.45) is -0.975. The molecule has 4 rings (SSSR count). The molecule has 4 heterocycles. The molecule has 0 radical (unpaired) electrons. The highest BCUT2D eigenvalue weighted by atomic mass is 19.4. The number of hydrogen-bond acceptors (Lipinski definition) is 4. The maximum absolute atomic E-state index is 13.5. The number of fused-ring (bicyclic) bond motifs is 1. The van der Waals surface area contributed by atoms with Crippen molar-refractivity contribution in [2.75, 3.05) is 13.1 Å². The Morgan fingerprint density at radius 3 is 2.81 bits per heavy atom. The summed E-state index contributed by atoms with van der Waals surface area (Å²) in [7, 11) is 0. The molecule has 0 aliphatic carbocycles. The molecule has 0 unspecified atom stereocenters. The van der Waals surface area contributed by atoms with Gasteiger partial charge in [0.25, 0.3) is 0 Å². The zero-order valence-electron chi connectivity index (χ0n) is 14.9. The number of hydrogen-bond donors (Lipinski definition) is 0. The minimum Gasteiger partial charge on any atom is -0.297 e. The van der Waals surface area contributed by atoms with Crippen molar-refractivity contribution in [2.45, 2.75) is 38.4 Å². The van der Waals surface area contributed by atoms with Crippen molar-refractivity contribution in [2.24, 2.45) is 0 Å². The van der Waals surface area contributed by atoms with E-state index in [2.05, 4.69) is 20.0 Å². The molecule has 0 amide bonds. The van der Waals surface area contributed by atoms with E-state index >= 15 is 0 Å². The first-order chi connectivity index (χ1) is 12.9. The largest absolute Gasteiger partial charge is 0.433 e. The quantitative estimate of drug-likeness (QED) is 0.698. The van der Waals surface area contributed by atoms with Gasteiger partial charge in [-0.05, 0) is 44.5 Å². The lowest BCUT2D eigenvalue weighted by Gasteiger charge is -2.32. The molecule has 8 heteroatoms. The van der Waals surface area contributed by atoms with E-state index in [0.717, 1.165) is 35.7 Å². The predicted octanol–water partition coefficient (Wildman–Crippen LogP) is 3.83. The molecule has 1 fully saturated rings. The van der Waals surface area contributed by atoms with Gasteiger partial charge in [-0.3, -0.25) is 9.88 Å². The van der Waals surface area contributed by atoms with Crippen LogP contribution in [0.5, 0.6) is 0 Å². The van der Waals surface area contributed by atoms with Gasteiger partial charge in [0.1, 0.15) is 5.69 Å². The molecule has 0 aromatic carbocycles. The van der Waals surface area contributed by atoms with Crippen LogP contribution in [-0.4, -0.2) is 37.6 Å². The van der Waals surface area contributed by atoms with E-state index in [1.807, 2.05) is 18.2 Å². The average Bonchev–Trinajstić information content (AvgIpc) is 3.01. The van der Waals surface area contributed by atoms with Crippen molar-refractivity contribution in [1.29, 1.82) is 0 Å². The van der Waals surface area contributed by atoms with Gasteiger partial charge in [-0.25, -0.2) is 9.50 Å². The Kier molecular flexibility index (Phi) is 4.59. The monoisotopic (exact) mass is 375 g/mol. The van der Waals surface area contributed by atoms with Crippen molar-refractivity contribution in [3.63, 3.8) is 0 Å². The first kappa shape index (κ1) is 17.9. The molecule has 27 heavy (non-hydrogen) atoms. The molecule has 1 aliphatic rings. The number of aromatic nitrogens is 4. The molecule has 0 spiro atoms. The number of alkyl halides is 3. The van der Waals surface area contributed by atoms with E-state index in [1.54, 1.807) is 19.2 Å². The van der Waals surface area contributed by atoms with E-state index < -0.39 is 11.9 Å². The Balaban J connectivity index is 1.63. The third kappa shape index (κ3) is 3.80. The van der Waals surface area contributed by atoms with Gasteiger partial charge in [-0.1, -0.05) is 6.07 Å². The van der Waals surface area contributed by atoms with E-state index in [9.17, 15) is 13.2 Å². The molecular weight excluding hydrogens is 355 g/mol. The Morgan fingerprint density at radius 2 is 2.07 bits per heavy atom. The van der Waals surface area contributed by atoms with Gasteiger partial charge >= 0.3 is 6.18 Å². The van der Waals surface area contributed by atoms with Crippen LogP contribution in [0.4, 0.5) is 13.2 Å². The molecule has 5 nitrogen and oxygen atoms in total. The summed E-state index contributed by atoms with van der Waals surface area (Å²) in [4.78, 5) is 11.1. The average molecular weight is 375 g/mol. The summed E-state index contributed by atoms with van der Waals surface area (Å²) in [5.41, 5.74) is 1.45. The molecule has 142 valence electrons. The fourth-order valence-corrected chi connectivity index (χ4v) is 3.68. The minimum atomic E-state index is -4.48. The molecule has 1 saturated heterocycles. The molecule has 1 aliphatic heterocycles. The lowest BCUT2D eigenvalue weighted by molar-refractivity contribution is -0.142. The summed E-state index contributed by atoms with van der Waals surface area (Å²) >= 11 is 0. The molecule has 1 atom stereocenters. The topological polar surface area (TPSA) is 46.3 Å². The van der Waals surface area contributed by atoms with Crippen molar-refractivity contribution in [1.82, 2.24) is 24.5 Å². The normalized spacial score (nSPS) is 18.9. The van der Waals surface area contributed by atoms with Gasteiger partial charge in [0.2, 0.25) is 0 Å². The van der Waals surface area contributed by atoms with Gasteiger partial charge in [0.15, 0.2) is 5.65 Å². The maximum atomic E-state index is 13.5. The number of rotatable bonds is 3. The van der Waals surface area contributed by atoms with Crippen LogP contribution in [-0.2, 0) is 12.7 Å². The SMILES string of the molecule is Cc1cc2nc([C@H]3CCCN(Cc4ccccn4)C3)cc(C(F)(F)F)n2n1. The lowest BCUT2D eigenvalue weighted by atomic mass is 9.94. The second-order valence-electron chi connectivity index (χ2n) is 7.02. The number of pyridine rings is 1. The smallest absolute Gasteiger partial charge is 0.297 e. The highest BCUT2D eigenvalue weighted by Gasteiger charge is 2.36. The first-order valence-corrected chi connectivity index (χ1v) is 8.97. The van der Waals surface area contributed by atoms with Gasteiger partial charge < -0.3 is 0 Å². The second kappa shape index (κ2) is 6.92. The van der Waals surface area contributed by atoms with Gasteiger partial charge in [0.05, 0.1) is 11.4 Å². The Hall–Kier alpha value is -2.48. The highest BCUT2D eigenvalue weighted by molar-refractivity contribution is 5.43. The van der Waals surface area contributed by atoms with Gasteiger partial charge in [-0.15, -0.1) is 0 Å². The highest BCUT2D eigenvalue weighted by Crippen LogP contribution is 2.33. The van der Waals surface area contributed by atoms with Crippen LogP contribution in [0.15, 0.2) is 36.5 Å². The van der Waals surface area contributed by atoms with Crippen molar-refractivity contribution in [3.05, 3.63) is 59.3 Å².